The smallest absolute Gasteiger partial charge is 0.165 e. The second kappa shape index (κ2) is 17.0. The van der Waals surface area contributed by atoms with Gasteiger partial charge >= 0.3 is 0 Å². The van der Waals surface area contributed by atoms with Crippen LogP contribution in [0.2, 0.25) is 0 Å². The van der Waals surface area contributed by atoms with E-state index in [1.165, 1.54) is 48.9 Å². The molecule has 0 unspecified atom stereocenters. The van der Waals surface area contributed by atoms with Crippen molar-refractivity contribution in [1.82, 2.24) is 5.32 Å². The highest BCUT2D eigenvalue weighted by molar-refractivity contribution is 6.24. The van der Waals surface area contributed by atoms with Crippen LogP contribution in [0.4, 0.5) is 0 Å². The molecule has 2 fully saturated rings. The number of benzene rings is 1. The quantitative estimate of drug-likeness (QED) is 0.151. The fraction of sp³-hybridized carbons (Fsp3) is 0.447. The average Bonchev–Trinajstić information content (AvgIpc) is 3.03. The first kappa shape index (κ1) is 32.4. The number of nitrogens with one attached hydrogen (secondary N) is 1. The largest absolute Gasteiger partial charge is 0.384 e. The van der Waals surface area contributed by atoms with Gasteiger partial charge < -0.3 is 5.32 Å². The van der Waals surface area contributed by atoms with Crippen LogP contribution in [0.3, 0.4) is 0 Å². The van der Waals surface area contributed by atoms with Gasteiger partial charge in [0.1, 0.15) is 7.85 Å². The molecule has 2 aliphatic rings. The number of Topliss-reactive ketones (excluding diaryl/α,β-unsaturated/α-hetero) is 1. The molecule has 2 saturated carbocycles. The maximum atomic E-state index is 13.5. The van der Waals surface area contributed by atoms with Gasteiger partial charge in [0, 0.05) is 23.7 Å². The lowest BCUT2D eigenvalue weighted by Crippen LogP contribution is -2.23. The minimum Gasteiger partial charge on any atom is -0.384 e. The van der Waals surface area contributed by atoms with Gasteiger partial charge in [0.2, 0.25) is 0 Å². The van der Waals surface area contributed by atoms with Gasteiger partial charge in [0.15, 0.2) is 5.78 Å². The molecule has 0 bridgehead atoms. The number of rotatable bonds is 13. The van der Waals surface area contributed by atoms with Crippen LogP contribution in [-0.2, 0) is 0 Å². The highest BCUT2D eigenvalue weighted by Gasteiger charge is 2.28. The van der Waals surface area contributed by atoms with E-state index in [-0.39, 0.29) is 5.92 Å². The molecule has 0 aromatic heterocycles. The van der Waals surface area contributed by atoms with Gasteiger partial charge in [-0.15, -0.1) is 0 Å². The highest BCUT2D eigenvalue weighted by Crippen LogP contribution is 2.37. The molecule has 1 aromatic carbocycles. The highest BCUT2D eigenvalue weighted by atomic mass is 16.1. The lowest BCUT2D eigenvalue weighted by atomic mass is 9.75. The molecular formula is C38H50BNO. The van der Waals surface area contributed by atoms with Crippen LogP contribution in [-0.4, -0.2) is 20.2 Å². The van der Waals surface area contributed by atoms with Crippen molar-refractivity contribution in [1.29, 1.82) is 0 Å². The first-order valence-corrected chi connectivity index (χ1v) is 15.7. The van der Waals surface area contributed by atoms with Crippen LogP contribution < -0.4 is 5.32 Å². The molecule has 1 N–H and O–H groups in total. The Balaban J connectivity index is 1.72. The monoisotopic (exact) mass is 547 g/mol. The maximum Gasteiger partial charge on any atom is 0.165 e. The third kappa shape index (κ3) is 9.77. The summed E-state index contributed by atoms with van der Waals surface area (Å²) in [6.07, 6.45) is 25.6. The molecule has 2 radical (unpaired) electrons. The SMILES string of the molecule is [B]\C(C=C)=C(C)/C=C(\C=C(/CC)NC/C(C=C)=C/C=C\C)C1CCC(C(=O)c2ccc(C3CCCCC3)cc2)CC1. The zero-order chi connectivity index (χ0) is 29.6. The van der Waals surface area contributed by atoms with Gasteiger partial charge in [0.05, 0.1) is 0 Å². The Hall–Kier alpha value is -3.07. The van der Waals surface area contributed by atoms with Crippen molar-refractivity contribution in [3.05, 3.63) is 119 Å². The molecule has 0 heterocycles. The van der Waals surface area contributed by atoms with Gasteiger partial charge in [-0.25, -0.2) is 0 Å². The summed E-state index contributed by atoms with van der Waals surface area (Å²) in [4.78, 5) is 13.5. The molecule has 0 amide bonds. The Labute approximate surface area is 251 Å². The van der Waals surface area contributed by atoms with Crippen LogP contribution in [0.5, 0.6) is 0 Å². The lowest BCUT2D eigenvalue weighted by molar-refractivity contribution is 0.0878. The van der Waals surface area contributed by atoms with Crippen LogP contribution >= 0.6 is 0 Å². The average molecular weight is 548 g/mol. The van der Waals surface area contributed by atoms with Crippen LogP contribution in [0.25, 0.3) is 0 Å². The maximum absolute atomic E-state index is 13.5. The third-order valence-electron chi connectivity index (χ3n) is 8.91. The Bertz CT molecular complexity index is 1180. The van der Waals surface area contributed by atoms with E-state index in [2.05, 4.69) is 67.9 Å². The van der Waals surface area contributed by atoms with E-state index in [4.69, 9.17) is 7.85 Å². The molecule has 2 aliphatic carbocycles. The van der Waals surface area contributed by atoms with E-state index in [1.54, 1.807) is 6.08 Å². The standard InChI is InChI=1S/C38H50BNO/c1-6-10-14-29(7-2)27-40-36(8-3)26-35(25-28(5)37(39)9-4)32-19-23-34(24-20-32)38(41)33-21-17-31(18-22-33)30-15-12-11-13-16-30/h6-7,9-10,14,17-18,21-22,25-26,30,32,34,40H,2,4,8,11-13,15-16,19-20,23-24,27H2,1,3,5H3/b10-6-,29-14+,35-25+,36-26+,37-28-. The first-order chi connectivity index (χ1) is 19.9. The predicted octanol–water partition coefficient (Wildman–Crippen LogP) is 9.85. The van der Waals surface area contributed by atoms with E-state index in [1.807, 2.05) is 32.1 Å². The third-order valence-corrected chi connectivity index (χ3v) is 8.91. The van der Waals surface area contributed by atoms with Crippen LogP contribution in [0.15, 0.2) is 108 Å². The summed E-state index contributed by atoms with van der Waals surface area (Å²) in [5, 5.41) is 3.62. The van der Waals surface area contributed by atoms with Crippen molar-refractivity contribution in [2.45, 2.75) is 90.9 Å². The molecule has 2 nitrogen and oxygen atoms in total. The van der Waals surface area contributed by atoms with E-state index >= 15 is 0 Å². The molecule has 0 saturated heterocycles. The molecule has 0 atom stereocenters. The Morgan fingerprint density at radius 2 is 1.61 bits per heavy atom. The summed E-state index contributed by atoms with van der Waals surface area (Å²) in [7, 11) is 6.22. The molecule has 0 spiro atoms. The van der Waals surface area contributed by atoms with Crippen molar-refractivity contribution >= 4 is 13.6 Å². The summed E-state index contributed by atoms with van der Waals surface area (Å²) in [5.41, 5.74) is 7.62. The van der Waals surface area contributed by atoms with Gasteiger partial charge in [-0.2, -0.15) is 0 Å². The summed E-state index contributed by atoms with van der Waals surface area (Å²) in [6.45, 7) is 14.8. The predicted molar refractivity (Wildman–Crippen MR) is 178 cm³/mol. The second-order valence-electron chi connectivity index (χ2n) is 11.7. The van der Waals surface area contributed by atoms with E-state index in [9.17, 15) is 4.79 Å². The van der Waals surface area contributed by atoms with Crippen molar-refractivity contribution in [2.75, 3.05) is 6.54 Å². The van der Waals surface area contributed by atoms with Gasteiger partial charge in [-0.05, 0) is 93.4 Å². The van der Waals surface area contributed by atoms with Crippen molar-refractivity contribution < 1.29 is 4.79 Å². The summed E-state index contributed by atoms with van der Waals surface area (Å²) >= 11 is 0. The fourth-order valence-electron chi connectivity index (χ4n) is 6.17. The van der Waals surface area contributed by atoms with Gasteiger partial charge in [-0.3, -0.25) is 4.79 Å². The summed E-state index contributed by atoms with van der Waals surface area (Å²) in [5.74, 6) is 1.47. The molecule has 0 aliphatic heterocycles. The van der Waals surface area contributed by atoms with Gasteiger partial charge in [0.25, 0.3) is 0 Å². The summed E-state index contributed by atoms with van der Waals surface area (Å²) in [6, 6.07) is 8.59. The van der Waals surface area contributed by atoms with Crippen molar-refractivity contribution in [3.63, 3.8) is 0 Å². The topological polar surface area (TPSA) is 29.1 Å². The number of carbonyl (C=O) groups excluding carboxylic acids is 1. The zero-order valence-corrected chi connectivity index (χ0v) is 25.8. The normalized spacial score (nSPS) is 21.9. The first-order valence-electron chi connectivity index (χ1n) is 15.7. The second-order valence-corrected chi connectivity index (χ2v) is 11.7. The van der Waals surface area contributed by atoms with E-state index in [0.717, 1.165) is 55.4 Å². The van der Waals surface area contributed by atoms with Crippen molar-refractivity contribution in [2.24, 2.45) is 11.8 Å². The zero-order valence-electron chi connectivity index (χ0n) is 25.8. The molecule has 41 heavy (non-hydrogen) atoms. The van der Waals surface area contributed by atoms with E-state index in [0.29, 0.717) is 23.1 Å². The Morgan fingerprint density at radius 3 is 2.20 bits per heavy atom. The van der Waals surface area contributed by atoms with Crippen LogP contribution in [0.1, 0.15) is 107 Å². The number of hydrogen-bond acceptors (Lipinski definition) is 2. The Kier molecular flexibility index (Phi) is 13.5. The molecule has 3 heteroatoms. The number of hydrogen-bond donors (Lipinski definition) is 1. The Morgan fingerprint density at radius 1 is 0.951 bits per heavy atom. The summed E-state index contributed by atoms with van der Waals surface area (Å²) < 4.78 is 0. The fourth-order valence-corrected chi connectivity index (χ4v) is 6.17. The van der Waals surface area contributed by atoms with E-state index < -0.39 is 0 Å². The molecule has 216 valence electrons. The minimum atomic E-state index is 0.0996. The molecule has 1 aromatic rings. The molecule has 3 rings (SSSR count). The van der Waals surface area contributed by atoms with Crippen molar-refractivity contribution in [3.8, 4) is 0 Å². The molecular weight excluding hydrogens is 497 g/mol. The van der Waals surface area contributed by atoms with Gasteiger partial charge in [-0.1, -0.05) is 111 Å². The van der Waals surface area contributed by atoms with Crippen LogP contribution in [0, 0.1) is 11.8 Å². The number of carbonyl (C=O) groups is 1. The number of allylic oxidation sites excluding steroid dienone is 10. The minimum absolute atomic E-state index is 0.0996. The lowest BCUT2D eigenvalue weighted by Gasteiger charge is -2.29. The number of ketones is 1.